The van der Waals surface area contributed by atoms with Gasteiger partial charge in [-0.3, -0.25) is 0 Å². The van der Waals surface area contributed by atoms with Crippen molar-refractivity contribution in [1.82, 2.24) is 5.32 Å². The van der Waals surface area contributed by atoms with Crippen LogP contribution in [0.1, 0.15) is 12.0 Å². The number of phenols is 1. The average Bonchev–Trinajstić information content (AvgIpc) is 2.66. The van der Waals surface area contributed by atoms with Gasteiger partial charge >= 0.3 is 0 Å². The van der Waals surface area contributed by atoms with Crippen molar-refractivity contribution in [2.45, 2.75) is 12.8 Å². The molecule has 14 heavy (non-hydrogen) atoms. The Morgan fingerprint density at radius 1 is 1.50 bits per heavy atom. The Morgan fingerprint density at radius 2 is 2.36 bits per heavy atom. The molecule has 1 aromatic rings. The van der Waals surface area contributed by atoms with Crippen LogP contribution in [-0.2, 0) is 6.42 Å². The van der Waals surface area contributed by atoms with Crippen LogP contribution in [-0.4, -0.2) is 18.2 Å². The Hall–Kier alpha value is -0.730. The molecule has 1 saturated heterocycles. The molecular weight excluding hydrogens is 198 g/mol. The number of aromatic hydroxyl groups is 1. The number of nitrogens with one attached hydrogen (secondary N) is 1. The lowest BCUT2D eigenvalue weighted by molar-refractivity contribution is 0.459. The SMILES string of the molecule is Oc1c(Cl)cccc1CC1CCNC1. The quantitative estimate of drug-likeness (QED) is 0.786. The molecule has 1 atom stereocenters. The fraction of sp³-hybridized carbons (Fsp3) is 0.455. The predicted molar refractivity (Wildman–Crippen MR) is 57.8 cm³/mol. The van der Waals surface area contributed by atoms with Crippen LogP contribution in [0.2, 0.25) is 5.02 Å². The fourth-order valence-electron chi connectivity index (χ4n) is 1.92. The van der Waals surface area contributed by atoms with Gasteiger partial charge in [-0.25, -0.2) is 0 Å². The minimum Gasteiger partial charge on any atom is -0.506 e. The van der Waals surface area contributed by atoms with Crippen molar-refractivity contribution in [3.63, 3.8) is 0 Å². The van der Waals surface area contributed by atoms with Crippen molar-refractivity contribution >= 4 is 11.6 Å². The summed E-state index contributed by atoms with van der Waals surface area (Å²) in [4.78, 5) is 0. The Labute approximate surface area is 88.9 Å². The van der Waals surface area contributed by atoms with Crippen LogP contribution >= 0.6 is 11.6 Å². The van der Waals surface area contributed by atoms with Gasteiger partial charge in [-0.1, -0.05) is 23.7 Å². The minimum absolute atomic E-state index is 0.251. The van der Waals surface area contributed by atoms with Gasteiger partial charge in [0.2, 0.25) is 0 Å². The van der Waals surface area contributed by atoms with Crippen molar-refractivity contribution in [3.8, 4) is 5.75 Å². The summed E-state index contributed by atoms with van der Waals surface area (Å²) >= 11 is 5.83. The van der Waals surface area contributed by atoms with E-state index in [2.05, 4.69) is 5.32 Å². The van der Waals surface area contributed by atoms with Gasteiger partial charge in [-0.2, -0.15) is 0 Å². The maximum Gasteiger partial charge on any atom is 0.137 e. The van der Waals surface area contributed by atoms with E-state index in [0.29, 0.717) is 10.9 Å². The van der Waals surface area contributed by atoms with Gasteiger partial charge in [0.15, 0.2) is 0 Å². The standard InChI is InChI=1S/C11H14ClNO/c12-10-3-1-2-9(11(10)14)6-8-4-5-13-7-8/h1-3,8,13-14H,4-7H2. The van der Waals surface area contributed by atoms with Crippen LogP contribution in [0, 0.1) is 5.92 Å². The Balaban J connectivity index is 2.11. The first-order chi connectivity index (χ1) is 6.77. The molecular formula is C11H14ClNO. The van der Waals surface area contributed by atoms with Gasteiger partial charge in [-0.05, 0) is 43.5 Å². The van der Waals surface area contributed by atoms with Gasteiger partial charge in [-0.15, -0.1) is 0 Å². The summed E-state index contributed by atoms with van der Waals surface area (Å²) in [6, 6.07) is 5.55. The van der Waals surface area contributed by atoms with Gasteiger partial charge in [0.05, 0.1) is 5.02 Å². The monoisotopic (exact) mass is 211 g/mol. The van der Waals surface area contributed by atoms with E-state index in [1.54, 1.807) is 6.07 Å². The number of hydrogen-bond donors (Lipinski definition) is 2. The van der Waals surface area contributed by atoms with Crippen LogP contribution in [0.3, 0.4) is 0 Å². The number of benzene rings is 1. The summed E-state index contributed by atoms with van der Waals surface area (Å²) in [6.45, 7) is 2.14. The van der Waals surface area contributed by atoms with Gasteiger partial charge in [0, 0.05) is 0 Å². The van der Waals surface area contributed by atoms with Crippen molar-refractivity contribution in [1.29, 1.82) is 0 Å². The smallest absolute Gasteiger partial charge is 0.137 e. The molecule has 2 N–H and O–H groups in total. The summed E-state index contributed by atoms with van der Waals surface area (Å²) in [7, 11) is 0. The van der Waals surface area contributed by atoms with Gasteiger partial charge in [0.25, 0.3) is 0 Å². The zero-order valence-electron chi connectivity index (χ0n) is 7.96. The third-order valence-corrected chi connectivity index (χ3v) is 3.05. The summed E-state index contributed by atoms with van der Waals surface area (Å²) in [5, 5.41) is 13.5. The molecule has 0 aliphatic carbocycles. The molecule has 0 aromatic heterocycles. The molecule has 1 fully saturated rings. The van der Waals surface area contributed by atoms with Crippen molar-refractivity contribution < 1.29 is 5.11 Å². The molecule has 1 aliphatic heterocycles. The molecule has 0 bridgehead atoms. The van der Waals surface area contributed by atoms with E-state index in [-0.39, 0.29) is 5.75 Å². The average molecular weight is 212 g/mol. The second kappa shape index (κ2) is 4.20. The number of halogens is 1. The molecule has 2 rings (SSSR count). The van der Waals surface area contributed by atoms with E-state index in [0.717, 1.165) is 25.1 Å². The van der Waals surface area contributed by atoms with Gasteiger partial charge < -0.3 is 10.4 Å². The van der Waals surface area contributed by atoms with Crippen molar-refractivity contribution in [3.05, 3.63) is 28.8 Å². The topological polar surface area (TPSA) is 32.3 Å². The van der Waals surface area contributed by atoms with Crippen LogP contribution in [0.25, 0.3) is 0 Å². The number of phenolic OH excluding ortho intramolecular Hbond substituents is 1. The Kier molecular flexibility index (Phi) is 2.94. The fourth-order valence-corrected chi connectivity index (χ4v) is 2.12. The number of para-hydroxylation sites is 1. The molecule has 76 valence electrons. The number of rotatable bonds is 2. The summed E-state index contributed by atoms with van der Waals surface area (Å²) in [5.41, 5.74) is 0.964. The first-order valence-electron chi connectivity index (χ1n) is 4.94. The van der Waals surface area contributed by atoms with Crippen LogP contribution < -0.4 is 5.32 Å². The molecule has 0 radical (unpaired) electrons. The largest absolute Gasteiger partial charge is 0.506 e. The maximum atomic E-state index is 9.71. The molecule has 3 heteroatoms. The maximum absolute atomic E-state index is 9.71. The molecule has 0 saturated carbocycles. The van der Waals surface area contributed by atoms with E-state index in [4.69, 9.17) is 11.6 Å². The van der Waals surface area contributed by atoms with E-state index in [9.17, 15) is 5.11 Å². The predicted octanol–water partition coefficient (Wildman–Crippen LogP) is 2.20. The molecule has 1 aliphatic rings. The summed E-state index contributed by atoms with van der Waals surface area (Å²) < 4.78 is 0. The lowest BCUT2D eigenvalue weighted by Crippen LogP contribution is -2.10. The normalized spacial score (nSPS) is 21.4. The second-order valence-electron chi connectivity index (χ2n) is 3.81. The third-order valence-electron chi connectivity index (χ3n) is 2.74. The van der Waals surface area contributed by atoms with Crippen LogP contribution in [0.5, 0.6) is 5.75 Å². The highest BCUT2D eigenvalue weighted by atomic mass is 35.5. The first kappa shape index (κ1) is 9.81. The molecule has 0 amide bonds. The lowest BCUT2D eigenvalue weighted by Gasteiger charge is -2.10. The van der Waals surface area contributed by atoms with E-state index < -0.39 is 0 Å². The zero-order valence-corrected chi connectivity index (χ0v) is 8.72. The molecule has 1 unspecified atom stereocenters. The highest BCUT2D eigenvalue weighted by Gasteiger charge is 2.16. The van der Waals surface area contributed by atoms with E-state index in [1.165, 1.54) is 6.42 Å². The van der Waals surface area contributed by atoms with Gasteiger partial charge in [0.1, 0.15) is 5.75 Å². The highest BCUT2D eigenvalue weighted by Crippen LogP contribution is 2.29. The van der Waals surface area contributed by atoms with Crippen LogP contribution in [0.15, 0.2) is 18.2 Å². The van der Waals surface area contributed by atoms with Crippen LogP contribution in [0.4, 0.5) is 0 Å². The first-order valence-corrected chi connectivity index (χ1v) is 5.32. The minimum atomic E-state index is 0.251. The van der Waals surface area contributed by atoms with Crippen molar-refractivity contribution in [2.75, 3.05) is 13.1 Å². The zero-order chi connectivity index (χ0) is 9.97. The summed E-state index contributed by atoms with van der Waals surface area (Å²) in [5.74, 6) is 0.889. The Morgan fingerprint density at radius 3 is 3.07 bits per heavy atom. The number of hydrogen-bond acceptors (Lipinski definition) is 2. The summed E-state index contributed by atoms with van der Waals surface area (Å²) in [6.07, 6.45) is 2.10. The lowest BCUT2D eigenvalue weighted by atomic mass is 9.98. The highest BCUT2D eigenvalue weighted by molar-refractivity contribution is 6.32. The Bertz CT molecular complexity index is 321. The van der Waals surface area contributed by atoms with Crippen molar-refractivity contribution in [2.24, 2.45) is 5.92 Å². The third kappa shape index (κ3) is 2.02. The molecule has 0 spiro atoms. The molecule has 1 heterocycles. The molecule has 2 nitrogen and oxygen atoms in total. The molecule has 1 aromatic carbocycles. The second-order valence-corrected chi connectivity index (χ2v) is 4.22. The van der Waals surface area contributed by atoms with E-state index >= 15 is 0 Å². The van der Waals surface area contributed by atoms with E-state index in [1.807, 2.05) is 12.1 Å².